The fourth-order valence-electron chi connectivity index (χ4n) is 1.72. The van der Waals surface area contributed by atoms with Crippen LogP contribution in [0.1, 0.15) is 29.9 Å². The topological polar surface area (TPSA) is 54.9 Å². The molecule has 0 saturated carbocycles. The van der Waals surface area contributed by atoms with E-state index in [9.17, 15) is 4.79 Å². The molecule has 2 rings (SSSR count). The highest BCUT2D eigenvalue weighted by molar-refractivity contribution is 9.10. The second-order valence-corrected chi connectivity index (χ2v) is 6.37. The van der Waals surface area contributed by atoms with Crippen molar-refractivity contribution in [2.75, 3.05) is 11.1 Å². The number of anilines is 1. The quantitative estimate of drug-likeness (QED) is 0.638. The van der Waals surface area contributed by atoms with Gasteiger partial charge in [0.15, 0.2) is 5.16 Å². The molecule has 0 saturated heterocycles. The summed E-state index contributed by atoms with van der Waals surface area (Å²) in [5.41, 5.74) is 2.34. The molecule has 0 atom stereocenters. The monoisotopic (exact) mass is 365 g/mol. The van der Waals surface area contributed by atoms with Crippen molar-refractivity contribution >= 4 is 39.3 Å². The van der Waals surface area contributed by atoms with Crippen LogP contribution in [0.15, 0.2) is 40.1 Å². The SMILES string of the molecule is CCSc1ncc(Br)c(C(=O)Nc2ccc(CC)cc2)n1. The van der Waals surface area contributed by atoms with E-state index < -0.39 is 0 Å². The summed E-state index contributed by atoms with van der Waals surface area (Å²) < 4.78 is 0.589. The molecule has 0 aliphatic carbocycles. The van der Waals surface area contributed by atoms with Gasteiger partial charge >= 0.3 is 0 Å². The summed E-state index contributed by atoms with van der Waals surface area (Å²) in [6.45, 7) is 4.11. The molecule has 0 unspecified atom stereocenters. The predicted molar refractivity (Wildman–Crippen MR) is 89.9 cm³/mol. The van der Waals surface area contributed by atoms with Crippen molar-refractivity contribution in [1.29, 1.82) is 0 Å². The number of benzene rings is 1. The summed E-state index contributed by atoms with van der Waals surface area (Å²) >= 11 is 4.83. The van der Waals surface area contributed by atoms with Crippen LogP contribution in [0.25, 0.3) is 0 Å². The standard InChI is InChI=1S/C15H16BrN3OS/c1-3-10-5-7-11(8-6-10)18-14(20)13-12(16)9-17-15(19-13)21-4-2/h5-9H,3-4H2,1-2H3,(H,18,20). The maximum atomic E-state index is 12.3. The van der Waals surface area contributed by atoms with Crippen LogP contribution in [0.2, 0.25) is 0 Å². The number of nitrogens with one attached hydrogen (secondary N) is 1. The van der Waals surface area contributed by atoms with Gasteiger partial charge in [-0.1, -0.05) is 37.7 Å². The van der Waals surface area contributed by atoms with Crippen molar-refractivity contribution in [3.05, 3.63) is 46.2 Å². The number of nitrogens with zero attached hydrogens (tertiary/aromatic N) is 2. The first kappa shape index (κ1) is 16.0. The van der Waals surface area contributed by atoms with Gasteiger partial charge in [-0.25, -0.2) is 9.97 Å². The Morgan fingerprint density at radius 3 is 2.62 bits per heavy atom. The summed E-state index contributed by atoms with van der Waals surface area (Å²) in [5, 5.41) is 3.46. The molecule has 0 bridgehead atoms. The van der Waals surface area contributed by atoms with Crippen LogP contribution in [0, 0.1) is 0 Å². The maximum Gasteiger partial charge on any atom is 0.275 e. The third kappa shape index (κ3) is 4.28. The Hall–Kier alpha value is -1.40. The normalized spacial score (nSPS) is 10.4. The van der Waals surface area contributed by atoms with Crippen LogP contribution in [0.5, 0.6) is 0 Å². The predicted octanol–water partition coefficient (Wildman–Crippen LogP) is 4.17. The van der Waals surface area contributed by atoms with Crippen molar-refractivity contribution in [3.63, 3.8) is 0 Å². The molecule has 1 amide bonds. The second kappa shape index (κ2) is 7.56. The molecule has 0 aliphatic rings. The molecular weight excluding hydrogens is 350 g/mol. The molecule has 1 N–H and O–H groups in total. The fraction of sp³-hybridized carbons (Fsp3) is 0.267. The van der Waals surface area contributed by atoms with Gasteiger partial charge in [0.2, 0.25) is 0 Å². The van der Waals surface area contributed by atoms with Crippen LogP contribution in [0.4, 0.5) is 5.69 Å². The number of carbonyl (C=O) groups is 1. The minimum absolute atomic E-state index is 0.244. The third-order valence-corrected chi connectivity index (χ3v) is 4.15. The zero-order valence-electron chi connectivity index (χ0n) is 11.9. The lowest BCUT2D eigenvalue weighted by atomic mass is 10.1. The maximum absolute atomic E-state index is 12.3. The first-order chi connectivity index (χ1) is 10.1. The van der Waals surface area contributed by atoms with Crippen molar-refractivity contribution < 1.29 is 4.79 Å². The van der Waals surface area contributed by atoms with Crippen LogP contribution in [0.3, 0.4) is 0 Å². The van der Waals surface area contributed by atoms with E-state index in [0.29, 0.717) is 15.3 Å². The van der Waals surface area contributed by atoms with Gasteiger partial charge in [0.1, 0.15) is 5.69 Å². The zero-order chi connectivity index (χ0) is 15.2. The summed E-state index contributed by atoms with van der Waals surface area (Å²) in [7, 11) is 0. The molecule has 2 aromatic rings. The first-order valence-corrected chi connectivity index (χ1v) is 8.47. The molecule has 1 aromatic heterocycles. The molecule has 0 aliphatic heterocycles. The fourth-order valence-corrected chi connectivity index (χ4v) is 2.64. The third-order valence-electron chi connectivity index (χ3n) is 2.83. The average molecular weight is 366 g/mol. The molecule has 110 valence electrons. The van der Waals surface area contributed by atoms with E-state index >= 15 is 0 Å². The van der Waals surface area contributed by atoms with E-state index in [1.165, 1.54) is 17.3 Å². The van der Waals surface area contributed by atoms with Gasteiger partial charge in [-0.15, -0.1) is 0 Å². The number of hydrogen-bond donors (Lipinski definition) is 1. The largest absolute Gasteiger partial charge is 0.321 e. The Labute approximate surface area is 136 Å². The van der Waals surface area contributed by atoms with Crippen LogP contribution >= 0.6 is 27.7 Å². The lowest BCUT2D eigenvalue weighted by molar-refractivity contribution is 0.102. The van der Waals surface area contributed by atoms with E-state index in [1.54, 1.807) is 6.20 Å². The Kier molecular flexibility index (Phi) is 5.76. The first-order valence-electron chi connectivity index (χ1n) is 6.69. The lowest BCUT2D eigenvalue weighted by Crippen LogP contribution is -2.15. The number of thioether (sulfide) groups is 1. The van der Waals surface area contributed by atoms with Gasteiger partial charge < -0.3 is 5.32 Å². The minimum Gasteiger partial charge on any atom is -0.321 e. The van der Waals surface area contributed by atoms with E-state index in [4.69, 9.17) is 0 Å². The lowest BCUT2D eigenvalue weighted by Gasteiger charge is -2.08. The summed E-state index contributed by atoms with van der Waals surface area (Å²) in [5.74, 6) is 0.618. The van der Waals surface area contributed by atoms with Crippen LogP contribution < -0.4 is 5.32 Å². The highest BCUT2D eigenvalue weighted by Gasteiger charge is 2.14. The zero-order valence-corrected chi connectivity index (χ0v) is 14.3. The highest BCUT2D eigenvalue weighted by Crippen LogP contribution is 2.20. The Morgan fingerprint density at radius 2 is 2.00 bits per heavy atom. The van der Waals surface area contributed by atoms with E-state index in [1.807, 2.05) is 31.2 Å². The Balaban J connectivity index is 2.17. The average Bonchev–Trinajstić information content (AvgIpc) is 2.50. The summed E-state index contributed by atoms with van der Waals surface area (Å²) in [4.78, 5) is 20.8. The van der Waals surface area contributed by atoms with Gasteiger partial charge in [-0.3, -0.25) is 4.79 Å². The number of aryl methyl sites for hydroxylation is 1. The molecule has 0 spiro atoms. The van der Waals surface area contributed by atoms with Crippen molar-refractivity contribution in [2.24, 2.45) is 0 Å². The van der Waals surface area contributed by atoms with Crippen molar-refractivity contribution in [3.8, 4) is 0 Å². The van der Waals surface area contributed by atoms with Gasteiger partial charge in [0, 0.05) is 11.9 Å². The molecule has 6 heteroatoms. The van der Waals surface area contributed by atoms with Crippen LogP contribution in [-0.2, 0) is 6.42 Å². The number of hydrogen-bond acceptors (Lipinski definition) is 4. The van der Waals surface area contributed by atoms with Crippen LogP contribution in [-0.4, -0.2) is 21.6 Å². The summed E-state index contributed by atoms with van der Waals surface area (Å²) in [6.07, 6.45) is 2.59. The summed E-state index contributed by atoms with van der Waals surface area (Å²) in [6, 6.07) is 7.80. The van der Waals surface area contributed by atoms with E-state index in [0.717, 1.165) is 17.9 Å². The van der Waals surface area contributed by atoms with Gasteiger partial charge in [0.25, 0.3) is 5.91 Å². The number of rotatable bonds is 5. The molecule has 21 heavy (non-hydrogen) atoms. The van der Waals surface area contributed by atoms with E-state index in [2.05, 4.69) is 38.1 Å². The smallest absolute Gasteiger partial charge is 0.275 e. The Morgan fingerprint density at radius 1 is 1.29 bits per heavy atom. The van der Waals surface area contributed by atoms with Gasteiger partial charge in [-0.2, -0.15) is 0 Å². The molecular formula is C15H16BrN3OS. The van der Waals surface area contributed by atoms with E-state index in [-0.39, 0.29) is 5.91 Å². The number of aromatic nitrogens is 2. The number of carbonyl (C=O) groups excluding carboxylic acids is 1. The van der Waals surface area contributed by atoms with Crippen molar-refractivity contribution in [2.45, 2.75) is 25.4 Å². The number of amides is 1. The minimum atomic E-state index is -0.244. The Bertz CT molecular complexity index is 631. The molecule has 4 nitrogen and oxygen atoms in total. The highest BCUT2D eigenvalue weighted by atomic mass is 79.9. The number of halogens is 1. The molecule has 0 fully saturated rings. The molecule has 0 radical (unpaired) electrons. The molecule has 1 aromatic carbocycles. The second-order valence-electron chi connectivity index (χ2n) is 4.29. The molecule has 1 heterocycles. The van der Waals surface area contributed by atoms with Crippen molar-refractivity contribution in [1.82, 2.24) is 9.97 Å². The van der Waals surface area contributed by atoms with Gasteiger partial charge in [-0.05, 0) is 45.8 Å². The van der Waals surface area contributed by atoms with Gasteiger partial charge in [0.05, 0.1) is 4.47 Å².